The molecule has 2 aromatic carbocycles. The maximum Gasteiger partial charge on any atom is 0.295 e. The standard InChI is InChI=1S/C17H17NO8S3/c19-27(20,15-9-10-15)18-14-8-7-13(17(11-14)29(24,25)26)6-5-12-3-1-2-4-16(12)28(21,22)23/h1-8,11,15,18H,9-10H2,(H,21,22,23)(H,24,25,26)/b6-5+. The molecule has 3 N–H and O–H groups in total. The fourth-order valence-electron chi connectivity index (χ4n) is 2.62. The molecule has 0 atom stereocenters. The van der Waals surface area contributed by atoms with Crippen LogP contribution in [0.15, 0.2) is 52.3 Å². The van der Waals surface area contributed by atoms with Crippen LogP contribution in [0.5, 0.6) is 0 Å². The van der Waals surface area contributed by atoms with E-state index in [0.29, 0.717) is 12.8 Å². The molecule has 2 aromatic rings. The monoisotopic (exact) mass is 459 g/mol. The molecule has 3 rings (SSSR count). The maximum atomic E-state index is 12.0. The minimum Gasteiger partial charge on any atom is -0.283 e. The molecule has 0 aromatic heterocycles. The zero-order chi connectivity index (χ0) is 21.4. The van der Waals surface area contributed by atoms with Crippen molar-refractivity contribution >= 4 is 48.1 Å². The summed E-state index contributed by atoms with van der Waals surface area (Å²) in [5, 5.41) is -0.520. The van der Waals surface area contributed by atoms with E-state index >= 15 is 0 Å². The predicted molar refractivity (Wildman–Crippen MR) is 107 cm³/mol. The van der Waals surface area contributed by atoms with Crippen LogP contribution in [-0.4, -0.2) is 39.6 Å². The quantitative estimate of drug-likeness (QED) is 0.421. The molecule has 0 bridgehead atoms. The van der Waals surface area contributed by atoms with Gasteiger partial charge in [-0.3, -0.25) is 13.8 Å². The number of anilines is 1. The van der Waals surface area contributed by atoms with Crippen LogP contribution in [0.3, 0.4) is 0 Å². The number of benzene rings is 2. The lowest BCUT2D eigenvalue weighted by molar-refractivity contribution is 0.480. The zero-order valence-corrected chi connectivity index (χ0v) is 17.2. The third-order valence-corrected chi connectivity index (χ3v) is 7.86. The highest BCUT2D eigenvalue weighted by atomic mass is 32.2. The van der Waals surface area contributed by atoms with Crippen molar-refractivity contribution in [3.05, 3.63) is 53.6 Å². The normalized spacial score (nSPS) is 15.5. The van der Waals surface area contributed by atoms with Gasteiger partial charge in [-0.05, 0) is 42.2 Å². The minimum absolute atomic E-state index is 0.00740. The Morgan fingerprint density at radius 3 is 1.90 bits per heavy atom. The van der Waals surface area contributed by atoms with Gasteiger partial charge in [0.25, 0.3) is 20.2 Å². The van der Waals surface area contributed by atoms with E-state index in [2.05, 4.69) is 4.72 Å². The van der Waals surface area contributed by atoms with Crippen LogP contribution in [0.2, 0.25) is 0 Å². The Labute approximate surface area is 168 Å². The van der Waals surface area contributed by atoms with Crippen molar-refractivity contribution in [2.24, 2.45) is 0 Å². The van der Waals surface area contributed by atoms with E-state index in [-0.39, 0.29) is 21.7 Å². The Bertz CT molecular complexity index is 1290. The Morgan fingerprint density at radius 2 is 1.34 bits per heavy atom. The predicted octanol–water partition coefficient (Wildman–Crippen LogP) is 2.25. The van der Waals surface area contributed by atoms with Crippen molar-refractivity contribution < 1.29 is 34.4 Å². The van der Waals surface area contributed by atoms with Crippen LogP contribution in [0.1, 0.15) is 24.0 Å². The zero-order valence-electron chi connectivity index (χ0n) is 14.8. The van der Waals surface area contributed by atoms with Gasteiger partial charge in [-0.15, -0.1) is 0 Å². The highest BCUT2D eigenvalue weighted by Crippen LogP contribution is 2.31. The van der Waals surface area contributed by atoms with E-state index in [1.807, 2.05) is 0 Å². The third kappa shape index (κ3) is 5.22. The summed E-state index contributed by atoms with van der Waals surface area (Å²) in [4.78, 5) is -0.937. The molecule has 156 valence electrons. The first-order chi connectivity index (χ1) is 13.4. The molecule has 0 saturated heterocycles. The average Bonchev–Trinajstić information content (AvgIpc) is 3.44. The molecular formula is C17H17NO8S3. The molecule has 0 heterocycles. The highest BCUT2D eigenvalue weighted by molar-refractivity contribution is 7.93. The average molecular weight is 460 g/mol. The van der Waals surface area contributed by atoms with Gasteiger partial charge in [-0.2, -0.15) is 16.8 Å². The molecule has 0 unspecified atom stereocenters. The first-order valence-electron chi connectivity index (χ1n) is 8.26. The highest BCUT2D eigenvalue weighted by Gasteiger charge is 2.35. The Morgan fingerprint density at radius 1 is 0.793 bits per heavy atom. The molecule has 0 radical (unpaired) electrons. The topological polar surface area (TPSA) is 155 Å². The first-order valence-corrected chi connectivity index (χ1v) is 12.7. The van der Waals surface area contributed by atoms with Crippen LogP contribution < -0.4 is 4.72 Å². The molecule has 1 aliphatic rings. The summed E-state index contributed by atoms with van der Waals surface area (Å²) in [7, 11) is -12.8. The summed E-state index contributed by atoms with van der Waals surface area (Å²) >= 11 is 0. The first kappa shape index (κ1) is 21.5. The second-order valence-electron chi connectivity index (χ2n) is 6.42. The van der Waals surface area contributed by atoms with Gasteiger partial charge in [0.1, 0.15) is 9.79 Å². The lowest BCUT2D eigenvalue weighted by Crippen LogP contribution is -2.17. The molecular weight excluding hydrogens is 442 g/mol. The third-order valence-electron chi connectivity index (χ3n) is 4.15. The van der Waals surface area contributed by atoms with Crippen molar-refractivity contribution in [2.45, 2.75) is 27.9 Å². The van der Waals surface area contributed by atoms with Crippen molar-refractivity contribution in [1.82, 2.24) is 0 Å². The van der Waals surface area contributed by atoms with E-state index in [9.17, 15) is 34.4 Å². The van der Waals surface area contributed by atoms with Crippen LogP contribution in [-0.2, 0) is 30.3 Å². The Kier molecular flexibility index (Phi) is 5.58. The van der Waals surface area contributed by atoms with Crippen molar-refractivity contribution in [1.29, 1.82) is 0 Å². The summed E-state index contributed by atoms with van der Waals surface area (Å²) in [5.41, 5.74) is 0.0572. The summed E-state index contributed by atoms with van der Waals surface area (Å²) in [6.45, 7) is 0. The fourth-order valence-corrected chi connectivity index (χ4v) is 5.39. The summed E-state index contributed by atoms with van der Waals surface area (Å²) < 4.78 is 91.6. The van der Waals surface area contributed by atoms with Crippen LogP contribution in [0, 0.1) is 0 Å². The van der Waals surface area contributed by atoms with Crippen molar-refractivity contribution in [3.8, 4) is 0 Å². The number of nitrogens with one attached hydrogen (secondary N) is 1. The van der Waals surface area contributed by atoms with E-state index < -0.39 is 40.4 Å². The van der Waals surface area contributed by atoms with Gasteiger partial charge < -0.3 is 0 Å². The smallest absolute Gasteiger partial charge is 0.283 e. The number of hydrogen-bond acceptors (Lipinski definition) is 6. The molecule has 0 aliphatic heterocycles. The van der Waals surface area contributed by atoms with Crippen LogP contribution in [0.25, 0.3) is 12.2 Å². The molecule has 0 amide bonds. The van der Waals surface area contributed by atoms with Crippen LogP contribution in [0.4, 0.5) is 5.69 Å². The lowest BCUT2D eigenvalue weighted by Gasteiger charge is -2.10. The lowest BCUT2D eigenvalue weighted by atomic mass is 10.1. The van der Waals surface area contributed by atoms with E-state index in [0.717, 1.165) is 6.07 Å². The maximum absolute atomic E-state index is 12.0. The van der Waals surface area contributed by atoms with Gasteiger partial charge in [0, 0.05) is 5.69 Å². The molecule has 0 spiro atoms. The Balaban J connectivity index is 2.01. The number of rotatable bonds is 7. The SMILES string of the molecule is O=S(=O)(O)c1ccccc1/C=C/c1ccc(NS(=O)(=O)C2CC2)cc1S(=O)(=O)O. The Hall–Kier alpha value is -2.25. The molecule has 29 heavy (non-hydrogen) atoms. The number of hydrogen-bond donors (Lipinski definition) is 3. The summed E-state index contributed by atoms with van der Waals surface area (Å²) in [6, 6.07) is 9.06. The van der Waals surface area contributed by atoms with Gasteiger partial charge in [-0.25, -0.2) is 8.42 Å². The molecule has 12 heteroatoms. The molecule has 1 saturated carbocycles. The van der Waals surface area contributed by atoms with E-state index in [4.69, 9.17) is 0 Å². The minimum atomic E-state index is -4.71. The van der Waals surface area contributed by atoms with E-state index in [1.165, 1.54) is 48.6 Å². The summed E-state index contributed by atoms with van der Waals surface area (Å²) in [6.07, 6.45) is 3.52. The van der Waals surface area contributed by atoms with Crippen molar-refractivity contribution in [3.63, 3.8) is 0 Å². The van der Waals surface area contributed by atoms with Gasteiger partial charge in [-0.1, -0.05) is 36.4 Å². The fraction of sp³-hybridized carbons (Fsp3) is 0.176. The molecule has 1 aliphatic carbocycles. The second-order valence-corrected chi connectivity index (χ2v) is 11.2. The summed E-state index contributed by atoms with van der Waals surface area (Å²) in [5.74, 6) is 0. The van der Waals surface area contributed by atoms with Crippen molar-refractivity contribution in [2.75, 3.05) is 4.72 Å². The van der Waals surface area contributed by atoms with Gasteiger partial charge in [0.05, 0.1) is 5.25 Å². The molecule has 1 fully saturated rings. The largest absolute Gasteiger partial charge is 0.295 e. The molecule has 9 nitrogen and oxygen atoms in total. The number of sulfonamides is 1. The van der Waals surface area contributed by atoms with Gasteiger partial charge >= 0.3 is 0 Å². The van der Waals surface area contributed by atoms with Crippen LogP contribution >= 0.6 is 0 Å². The second kappa shape index (κ2) is 7.54. The van der Waals surface area contributed by atoms with Gasteiger partial charge in [0.15, 0.2) is 0 Å². The van der Waals surface area contributed by atoms with Gasteiger partial charge in [0.2, 0.25) is 10.0 Å². The van der Waals surface area contributed by atoms with E-state index in [1.54, 1.807) is 0 Å².